The molecule has 0 unspecified atom stereocenters. The maximum Gasteiger partial charge on any atom is 0.230 e. The van der Waals surface area contributed by atoms with Crippen LogP contribution in [0.5, 0.6) is 0 Å². The third-order valence-electron chi connectivity index (χ3n) is 3.62. The van der Waals surface area contributed by atoms with Crippen LogP contribution < -0.4 is 5.32 Å². The molecule has 112 valence electrons. The molecule has 0 spiro atoms. The fourth-order valence-electron chi connectivity index (χ4n) is 2.49. The average Bonchev–Trinajstić information content (AvgIpc) is 2.80. The number of nitrogens with one attached hydrogen (secondary N) is 1. The van der Waals surface area contributed by atoms with Gasteiger partial charge in [-0.2, -0.15) is 0 Å². The quantitative estimate of drug-likeness (QED) is 0.799. The number of imidazole rings is 1. The molecule has 0 saturated carbocycles. The van der Waals surface area contributed by atoms with Crippen LogP contribution in [0.3, 0.4) is 0 Å². The number of hydrogen-bond acceptors (Lipinski definition) is 2. The molecule has 4 nitrogen and oxygen atoms in total. The minimum absolute atomic E-state index is 0.112. The second-order valence-corrected chi connectivity index (χ2v) is 5.64. The summed E-state index contributed by atoms with van der Waals surface area (Å²) in [5, 5.41) is 3.37. The van der Waals surface area contributed by atoms with Crippen molar-refractivity contribution in [3.63, 3.8) is 0 Å². The lowest BCUT2D eigenvalue weighted by Crippen LogP contribution is -2.16. The number of carbonyl (C=O) groups is 1. The largest absolute Gasteiger partial charge is 0.324 e. The van der Waals surface area contributed by atoms with Gasteiger partial charge < -0.3 is 9.72 Å². The summed E-state index contributed by atoms with van der Waals surface area (Å²) >= 11 is 6.07. The van der Waals surface area contributed by atoms with E-state index in [1.54, 1.807) is 12.1 Å². The van der Waals surface area contributed by atoms with Gasteiger partial charge in [0.05, 0.1) is 28.5 Å². The van der Waals surface area contributed by atoms with Crippen LogP contribution in [0.4, 0.5) is 5.69 Å². The second-order valence-electron chi connectivity index (χ2n) is 5.23. The van der Waals surface area contributed by atoms with E-state index in [2.05, 4.69) is 10.3 Å². The van der Waals surface area contributed by atoms with Crippen molar-refractivity contribution in [3.8, 4) is 0 Å². The molecule has 0 aliphatic heterocycles. The number of para-hydroxylation sites is 1. The Bertz CT molecular complexity index is 854. The number of halogens is 1. The van der Waals surface area contributed by atoms with Crippen LogP contribution in [-0.4, -0.2) is 15.3 Å². The summed E-state index contributed by atoms with van der Waals surface area (Å²) in [5.41, 5.74) is 4.35. The smallest absolute Gasteiger partial charge is 0.230 e. The lowest BCUT2D eigenvalue weighted by atomic mass is 10.2. The Balaban J connectivity index is 1.87. The van der Waals surface area contributed by atoms with Gasteiger partial charge in [-0.05, 0) is 37.6 Å². The zero-order valence-corrected chi connectivity index (χ0v) is 13.2. The van der Waals surface area contributed by atoms with Crippen molar-refractivity contribution < 1.29 is 4.79 Å². The molecule has 0 aliphatic rings. The average molecular weight is 314 g/mol. The molecule has 22 heavy (non-hydrogen) atoms. The molecule has 1 N–H and O–H groups in total. The first-order valence-electron chi connectivity index (χ1n) is 7.04. The minimum atomic E-state index is -0.112. The Morgan fingerprint density at radius 2 is 2.00 bits per heavy atom. The van der Waals surface area contributed by atoms with Crippen molar-refractivity contribution in [1.82, 2.24) is 9.38 Å². The van der Waals surface area contributed by atoms with E-state index in [4.69, 9.17) is 11.6 Å². The van der Waals surface area contributed by atoms with Crippen molar-refractivity contribution in [2.24, 2.45) is 0 Å². The van der Waals surface area contributed by atoms with Gasteiger partial charge in [-0.3, -0.25) is 4.79 Å². The zero-order valence-electron chi connectivity index (χ0n) is 12.4. The molecule has 1 aromatic carbocycles. The molecule has 0 atom stereocenters. The highest BCUT2D eigenvalue weighted by Gasteiger charge is 2.14. The van der Waals surface area contributed by atoms with Crippen LogP contribution in [0.1, 0.15) is 17.0 Å². The van der Waals surface area contributed by atoms with E-state index in [0.717, 1.165) is 22.6 Å². The number of benzene rings is 1. The Hall–Kier alpha value is -2.33. The second kappa shape index (κ2) is 5.81. The minimum Gasteiger partial charge on any atom is -0.324 e. The summed E-state index contributed by atoms with van der Waals surface area (Å²) in [6.45, 7) is 3.93. The predicted molar refractivity (Wildman–Crippen MR) is 88.5 cm³/mol. The summed E-state index contributed by atoms with van der Waals surface area (Å²) in [5.74, 6) is -0.112. The van der Waals surface area contributed by atoms with Crippen LogP contribution in [0, 0.1) is 13.8 Å². The third kappa shape index (κ3) is 2.70. The number of anilines is 1. The molecule has 3 rings (SSSR count). The van der Waals surface area contributed by atoms with Crippen LogP contribution >= 0.6 is 11.6 Å². The fourth-order valence-corrected chi connectivity index (χ4v) is 2.67. The van der Waals surface area contributed by atoms with Crippen molar-refractivity contribution in [3.05, 3.63) is 64.6 Å². The van der Waals surface area contributed by atoms with Crippen LogP contribution in [0.25, 0.3) is 5.65 Å². The number of hydrogen-bond donors (Lipinski definition) is 1. The summed E-state index contributed by atoms with van der Waals surface area (Å²) < 4.78 is 1.97. The van der Waals surface area contributed by atoms with E-state index in [-0.39, 0.29) is 12.3 Å². The van der Waals surface area contributed by atoms with Gasteiger partial charge >= 0.3 is 0 Å². The van der Waals surface area contributed by atoms with E-state index in [9.17, 15) is 4.79 Å². The van der Waals surface area contributed by atoms with Gasteiger partial charge in [-0.25, -0.2) is 4.98 Å². The van der Waals surface area contributed by atoms with Gasteiger partial charge in [0.25, 0.3) is 0 Å². The van der Waals surface area contributed by atoms with E-state index >= 15 is 0 Å². The maximum absolute atomic E-state index is 12.3. The molecule has 1 amide bonds. The number of carbonyl (C=O) groups excluding carboxylic acids is 1. The Morgan fingerprint density at radius 3 is 2.77 bits per heavy atom. The lowest BCUT2D eigenvalue weighted by Gasteiger charge is -2.07. The standard InChI is InChI=1S/C17H16ClN3O/c1-11-6-5-9-21-15(12(2)19-17(11)21)10-16(22)20-14-8-4-3-7-13(14)18/h3-9H,10H2,1-2H3,(H,20,22). The molecule has 2 aromatic heterocycles. The van der Waals surface area contributed by atoms with Crippen LogP contribution in [0.15, 0.2) is 42.6 Å². The summed E-state index contributed by atoms with van der Waals surface area (Å²) in [4.78, 5) is 16.8. The number of pyridine rings is 1. The van der Waals surface area contributed by atoms with Gasteiger partial charge in [0, 0.05) is 6.20 Å². The van der Waals surface area contributed by atoms with Gasteiger partial charge in [-0.1, -0.05) is 29.8 Å². The maximum atomic E-state index is 12.3. The first kappa shape index (κ1) is 14.6. The normalized spacial score (nSPS) is 10.9. The van der Waals surface area contributed by atoms with Gasteiger partial charge in [0.1, 0.15) is 5.65 Å². The Labute approximate surface area is 133 Å². The van der Waals surface area contributed by atoms with E-state index < -0.39 is 0 Å². The highest BCUT2D eigenvalue weighted by Crippen LogP contribution is 2.21. The fraction of sp³-hybridized carbons (Fsp3) is 0.176. The number of nitrogens with zero attached hydrogens (tertiary/aromatic N) is 2. The number of aryl methyl sites for hydroxylation is 2. The number of fused-ring (bicyclic) bond motifs is 1. The molecule has 0 saturated heterocycles. The lowest BCUT2D eigenvalue weighted by molar-refractivity contribution is -0.115. The molecule has 0 radical (unpaired) electrons. The highest BCUT2D eigenvalue weighted by atomic mass is 35.5. The Morgan fingerprint density at radius 1 is 1.23 bits per heavy atom. The van der Waals surface area contributed by atoms with Crippen LogP contribution in [-0.2, 0) is 11.2 Å². The van der Waals surface area contributed by atoms with E-state index in [1.165, 1.54) is 0 Å². The molecular formula is C17H16ClN3O. The van der Waals surface area contributed by atoms with Crippen molar-refractivity contribution in [2.75, 3.05) is 5.32 Å². The monoisotopic (exact) mass is 313 g/mol. The van der Waals surface area contributed by atoms with E-state index in [0.29, 0.717) is 10.7 Å². The number of amides is 1. The summed E-state index contributed by atoms with van der Waals surface area (Å²) in [7, 11) is 0. The van der Waals surface area contributed by atoms with Gasteiger partial charge in [-0.15, -0.1) is 0 Å². The topological polar surface area (TPSA) is 46.4 Å². The number of aromatic nitrogens is 2. The predicted octanol–water partition coefficient (Wildman–Crippen LogP) is 3.79. The van der Waals surface area contributed by atoms with Crippen molar-refractivity contribution in [2.45, 2.75) is 20.3 Å². The molecule has 5 heteroatoms. The SMILES string of the molecule is Cc1nc2c(C)cccn2c1CC(=O)Nc1ccccc1Cl. The van der Waals surface area contributed by atoms with E-state index in [1.807, 2.05) is 48.7 Å². The molecule has 2 heterocycles. The van der Waals surface area contributed by atoms with Crippen LogP contribution in [0.2, 0.25) is 5.02 Å². The van der Waals surface area contributed by atoms with Crippen molar-refractivity contribution >= 4 is 28.8 Å². The summed E-state index contributed by atoms with van der Waals surface area (Å²) in [6.07, 6.45) is 2.18. The zero-order chi connectivity index (χ0) is 15.7. The van der Waals surface area contributed by atoms with Gasteiger partial charge in [0.15, 0.2) is 0 Å². The Kier molecular flexibility index (Phi) is 3.86. The third-order valence-corrected chi connectivity index (χ3v) is 3.95. The number of rotatable bonds is 3. The molecule has 3 aromatic rings. The highest BCUT2D eigenvalue weighted by molar-refractivity contribution is 6.33. The summed E-state index contributed by atoms with van der Waals surface area (Å²) in [6, 6.07) is 11.2. The van der Waals surface area contributed by atoms with Crippen molar-refractivity contribution in [1.29, 1.82) is 0 Å². The van der Waals surface area contributed by atoms with Gasteiger partial charge in [0.2, 0.25) is 5.91 Å². The molecule has 0 fully saturated rings. The molecular weight excluding hydrogens is 298 g/mol. The first-order valence-corrected chi connectivity index (χ1v) is 7.41. The molecule has 0 aliphatic carbocycles. The molecule has 0 bridgehead atoms. The first-order chi connectivity index (χ1) is 10.6.